The van der Waals surface area contributed by atoms with E-state index in [1.807, 2.05) is 0 Å². The highest BCUT2D eigenvalue weighted by Crippen LogP contribution is 2.25. The summed E-state index contributed by atoms with van der Waals surface area (Å²) in [6.45, 7) is 6.18. The zero-order valence-electron chi connectivity index (χ0n) is 12.9. The Morgan fingerprint density at radius 3 is 2.55 bits per heavy atom. The van der Waals surface area contributed by atoms with Crippen LogP contribution >= 0.6 is 0 Å². The molecule has 118 valence electrons. The molecule has 4 nitrogen and oxygen atoms in total. The van der Waals surface area contributed by atoms with Gasteiger partial charge in [0.05, 0.1) is 18.8 Å². The molecule has 0 radical (unpaired) electrons. The van der Waals surface area contributed by atoms with Gasteiger partial charge in [0.2, 0.25) is 0 Å². The van der Waals surface area contributed by atoms with Crippen molar-refractivity contribution in [1.29, 1.82) is 0 Å². The lowest BCUT2D eigenvalue weighted by molar-refractivity contribution is -0.0282. The number of nitrogens with one attached hydrogen (secondary N) is 1. The van der Waals surface area contributed by atoms with Crippen LogP contribution in [-0.2, 0) is 9.47 Å². The van der Waals surface area contributed by atoms with Crippen LogP contribution in [-0.4, -0.2) is 50.2 Å². The molecule has 0 aromatic heterocycles. The lowest BCUT2D eigenvalue weighted by Crippen LogP contribution is -2.36. The highest BCUT2D eigenvalue weighted by molar-refractivity contribution is 4.71. The molecule has 4 heteroatoms. The standard InChI is InChI=1S/C16H31NO3/c1-13-2-4-16(5-3-13)20-12-15(18)11-17-10-14-6-8-19-9-7-14/h13-18H,2-12H2,1H3. The van der Waals surface area contributed by atoms with Gasteiger partial charge in [0, 0.05) is 19.8 Å². The zero-order valence-corrected chi connectivity index (χ0v) is 12.9. The lowest BCUT2D eigenvalue weighted by atomic mass is 9.89. The number of aliphatic hydroxyl groups is 1. The number of hydrogen-bond acceptors (Lipinski definition) is 4. The van der Waals surface area contributed by atoms with Crippen LogP contribution < -0.4 is 5.32 Å². The maximum Gasteiger partial charge on any atom is 0.0897 e. The number of rotatable bonds is 7. The molecule has 1 aliphatic carbocycles. The van der Waals surface area contributed by atoms with Crippen LogP contribution in [0.15, 0.2) is 0 Å². The van der Waals surface area contributed by atoms with Crippen LogP contribution in [0.1, 0.15) is 45.4 Å². The molecule has 1 atom stereocenters. The highest BCUT2D eigenvalue weighted by atomic mass is 16.5. The van der Waals surface area contributed by atoms with E-state index in [9.17, 15) is 5.11 Å². The van der Waals surface area contributed by atoms with Gasteiger partial charge in [-0.3, -0.25) is 0 Å². The SMILES string of the molecule is CC1CCC(OCC(O)CNCC2CCOCC2)CC1. The van der Waals surface area contributed by atoms with Crippen molar-refractivity contribution in [2.75, 3.05) is 32.9 Å². The normalized spacial score (nSPS) is 30.3. The van der Waals surface area contributed by atoms with E-state index in [1.54, 1.807) is 0 Å². The third kappa shape index (κ3) is 6.08. The highest BCUT2D eigenvalue weighted by Gasteiger charge is 2.19. The topological polar surface area (TPSA) is 50.7 Å². The average molecular weight is 285 g/mol. The van der Waals surface area contributed by atoms with Crippen molar-refractivity contribution in [3.63, 3.8) is 0 Å². The van der Waals surface area contributed by atoms with Crippen molar-refractivity contribution < 1.29 is 14.6 Å². The third-order valence-electron chi connectivity index (χ3n) is 4.64. The van der Waals surface area contributed by atoms with Crippen LogP contribution in [0, 0.1) is 11.8 Å². The molecule has 2 rings (SSSR count). The summed E-state index contributed by atoms with van der Waals surface area (Å²) in [5.74, 6) is 1.55. The van der Waals surface area contributed by atoms with Crippen molar-refractivity contribution in [3.05, 3.63) is 0 Å². The molecule has 0 bridgehead atoms. The molecule has 1 aliphatic heterocycles. The van der Waals surface area contributed by atoms with E-state index < -0.39 is 0 Å². The molecule has 2 N–H and O–H groups in total. The van der Waals surface area contributed by atoms with E-state index in [1.165, 1.54) is 12.8 Å². The van der Waals surface area contributed by atoms with Gasteiger partial charge < -0.3 is 19.9 Å². The van der Waals surface area contributed by atoms with Gasteiger partial charge in [-0.15, -0.1) is 0 Å². The monoisotopic (exact) mass is 285 g/mol. The van der Waals surface area contributed by atoms with Gasteiger partial charge in [0.15, 0.2) is 0 Å². The largest absolute Gasteiger partial charge is 0.389 e. The van der Waals surface area contributed by atoms with Crippen LogP contribution in [0.4, 0.5) is 0 Å². The van der Waals surface area contributed by atoms with Gasteiger partial charge in [-0.25, -0.2) is 0 Å². The van der Waals surface area contributed by atoms with E-state index in [0.717, 1.165) is 51.4 Å². The fraction of sp³-hybridized carbons (Fsp3) is 1.00. The Morgan fingerprint density at radius 2 is 1.85 bits per heavy atom. The molecule has 2 aliphatic rings. The van der Waals surface area contributed by atoms with E-state index in [2.05, 4.69) is 12.2 Å². The molecular weight excluding hydrogens is 254 g/mol. The fourth-order valence-electron chi connectivity index (χ4n) is 3.11. The Hall–Kier alpha value is -0.160. The van der Waals surface area contributed by atoms with E-state index in [-0.39, 0.29) is 6.10 Å². The predicted octanol–water partition coefficient (Wildman–Crippen LogP) is 1.96. The quantitative estimate of drug-likeness (QED) is 0.751. The van der Waals surface area contributed by atoms with Gasteiger partial charge in [0.1, 0.15) is 0 Å². The zero-order chi connectivity index (χ0) is 14.2. The molecule has 1 heterocycles. The summed E-state index contributed by atoms with van der Waals surface area (Å²) in [7, 11) is 0. The molecule has 0 spiro atoms. The van der Waals surface area contributed by atoms with E-state index in [0.29, 0.717) is 25.2 Å². The smallest absolute Gasteiger partial charge is 0.0897 e. The van der Waals surface area contributed by atoms with Crippen LogP contribution in [0.25, 0.3) is 0 Å². The Bertz CT molecular complexity index is 248. The molecule has 1 saturated carbocycles. The Balaban J connectivity index is 1.48. The van der Waals surface area contributed by atoms with E-state index in [4.69, 9.17) is 9.47 Å². The minimum absolute atomic E-state index is 0.372. The molecule has 0 amide bonds. The molecule has 0 aromatic rings. The van der Waals surface area contributed by atoms with Gasteiger partial charge in [-0.05, 0) is 56.9 Å². The summed E-state index contributed by atoms with van der Waals surface area (Å²) in [6.07, 6.45) is 7.11. The molecule has 0 aromatic carbocycles. The maximum atomic E-state index is 9.95. The van der Waals surface area contributed by atoms with Gasteiger partial charge in [-0.2, -0.15) is 0 Å². The van der Waals surface area contributed by atoms with Crippen molar-refractivity contribution in [3.8, 4) is 0 Å². The minimum atomic E-state index is -0.380. The predicted molar refractivity (Wildman–Crippen MR) is 79.8 cm³/mol. The molecule has 1 unspecified atom stereocenters. The van der Waals surface area contributed by atoms with Gasteiger partial charge in [0.25, 0.3) is 0 Å². The van der Waals surface area contributed by atoms with Gasteiger partial charge >= 0.3 is 0 Å². The Kier molecular flexibility index (Phi) is 7.28. The lowest BCUT2D eigenvalue weighted by Gasteiger charge is -2.27. The Labute approximate surface area is 123 Å². The van der Waals surface area contributed by atoms with Gasteiger partial charge in [-0.1, -0.05) is 6.92 Å². The second-order valence-electron chi connectivity index (χ2n) is 6.58. The first-order valence-electron chi connectivity index (χ1n) is 8.32. The van der Waals surface area contributed by atoms with Crippen molar-refractivity contribution in [2.45, 2.75) is 57.7 Å². The first-order valence-corrected chi connectivity index (χ1v) is 8.32. The second-order valence-corrected chi connectivity index (χ2v) is 6.58. The van der Waals surface area contributed by atoms with Crippen LogP contribution in [0.5, 0.6) is 0 Å². The van der Waals surface area contributed by atoms with Crippen molar-refractivity contribution >= 4 is 0 Å². The first-order chi connectivity index (χ1) is 9.74. The third-order valence-corrected chi connectivity index (χ3v) is 4.64. The number of ether oxygens (including phenoxy) is 2. The summed E-state index contributed by atoms with van der Waals surface area (Å²) in [5, 5.41) is 13.3. The summed E-state index contributed by atoms with van der Waals surface area (Å²) in [6, 6.07) is 0. The summed E-state index contributed by atoms with van der Waals surface area (Å²) in [4.78, 5) is 0. The number of aliphatic hydroxyl groups excluding tert-OH is 1. The van der Waals surface area contributed by atoms with Crippen LogP contribution in [0.2, 0.25) is 0 Å². The summed E-state index contributed by atoms with van der Waals surface area (Å²) in [5.41, 5.74) is 0. The summed E-state index contributed by atoms with van der Waals surface area (Å²) < 4.78 is 11.2. The maximum absolute atomic E-state index is 9.95. The van der Waals surface area contributed by atoms with Crippen LogP contribution in [0.3, 0.4) is 0 Å². The molecule has 1 saturated heterocycles. The average Bonchev–Trinajstić information content (AvgIpc) is 2.48. The first kappa shape index (κ1) is 16.2. The molecular formula is C16H31NO3. The second kappa shape index (κ2) is 8.98. The van der Waals surface area contributed by atoms with E-state index >= 15 is 0 Å². The van der Waals surface area contributed by atoms with Crippen molar-refractivity contribution in [1.82, 2.24) is 5.32 Å². The fourth-order valence-corrected chi connectivity index (χ4v) is 3.11. The van der Waals surface area contributed by atoms with Crippen molar-refractivity contribution in [2.24, 2.45) is 11.8 Å². The summed E-state index contributed by atoms with van der Waals surface area (Å²) >= 11 is 0. The Morgan fingerprint density at radius 1 is 1.15 bits per heavy atom. The molecule has 2 fully saturated rings. The minimum Gasteiger partial charge on any atom is -0.389 e. The number of hydrogen-bond donors (Lipinski definition) is 2. The molecule has 20 heavy (non-hydrogen) atoms.